The van der Waals surface area contributed by atoms with Gasteiger partial charge in [0.15, 0.2) is 0 Å². The highest BCUT2D eigenvalue weighted by atomic mass is 16.5. The van der Waals surface area contributed by atoms with Gasteiger partial charge in [0.25, 0.3) is 0 Å². The Balaban J connectivity index is 1.42. The molecule has 1 aliphatic heterocycles. The summed E-state index contributed by atoms with van der Waals surface area (Å²) in [6.07, 6.45) is 0.266. The van der Waals surface area contributed by atoms with Gasteiger partial charge in [0.05, 0.1) is 17.5 Å². The molecule has 0 aliphatic carbocycles. The summed E-state index contributed by atoms with van der Waals surface area (Å²) in [4.78, 5) is 24.8. The van der Waals surface area contributed by atoms with E-state index in [0.29, 0.717) is 23.7 Å². The normalized spacial score (nSPS) is 14.7. The lowest BCUT2D eigenvalue weighted by Crippen LogP contribution is -2.33. The topological polar surface area (TPSA) is 67.4 Å². The van der Waals surface area contributed by atoms with Gasteiger partial charge in [-0.15, -0.1) is 0 Å². The van der Waals surface area contributed by atoms with E-state index < -0.39 is 5.41 Å². The van der Waals surface area contributed by atoms with Gasteiger partial charge in [-0.05, 0) is 48.7 Å². The molecular weight excluding hydrogens is 376 g/mol. The zero-order valence-corrected chi connectivity index (χ0v) is 17.1. The molecule has 1 aliphatic rings. The molecule has 0 spiro atoms. The first-order chi connectivity index (χ1) is 14.4. The third kappa shape index (κ3) is 4.35. The Kier molecular flexibility index (Phi) is 5.27. The molecule has 152 valence electrons. The molecule has 5 nitrogen and oxygen atoms in total. The number of ether oxygens (including phenoxy) is 1. The first-order valence-electron chi connectivity index (χ1n) is 9.93. The van der Waals surface area contributed by atoms with Crippen molar-refractivity contribution < 1.29 is 14.3 Å². The first kappa shape index (κ1) is 19.7. The zero-order valence-electron chi connectivity index (χ0n) is 17.1. The molecular formula is C25H24N2O3. The molecule has 0 fully saturated rings. The number of carbonyl (C=O) groups is 2. The van der Waals surface area contributed by atoms with Crippen molar-refractivity contribution in [3.05, 3.63) is 78.4 Å². The molecule has 1 heterocycles. The summed E-state index contributed by atoms with van der Waals surface area (Å²) < 4.78 is 5.74. The van der Waals surface area contributed by atoms with E-state index in [1.54, 1.807) is 18.2 Å². The SMILES string of the molecule is CC1(C)COc2ccc(NC(=O)Cc3ccc(-c4ccccc4)cc3)cc2NC1=O. The molecule has 3 aromatic rings. The van der Waals surface area contributed by atoms with Gasteiger partial charge in [0.1, 0.15) is 12.4 Å². The molecule has 2 N–H and O–H groups in total. The molecule has 0 saturated heterocycles. The second-order valence-electron chi connectivity index (χ2n) is 8.13. The second kappa shape index (κ2) is 8.03. The quantitative estimate of drug-likeness (QED) is 0.655. The van der Waals surface area contributed by atoms with Gasteiger partial charge >= 0.3 is 0 Å². The summed E-state index contributed by atoms with van der Waals surface area (Å²) in [6.45, 7) is 3.97. The fraction of sp³-hybridized carbons (Fsp3) is 0.200. The van der Waals surface area contributed by atoms with Crippen molar-refractivity contribution in [3.8, 4) is 16.9 Å². The zero-order chi connectivity index (χ0) is 21.1. The van der Waals surface area contributed by atoms with E-state index in [2.05, 4.69) is 22.8 Å². The summed E-state index contributed by atoms with van der Waals surface area (Å²) in [6, 6.07) is 23.4. The van der Waals surface area contributed by atoms with Gasteiger partial charge in [-0.1, -0.05) is 54.6 Å². The minimum absolute atomic E-state index is 0.108. The summed E-state index contributed by atoms with van der Waals surface area (Å²) in [5.74, 6) is 0.371. The molecule has 0 saturated carbocycles. The fourth-order valence-electron chi connectivity index (χ4n) is 3.28. The summed E-state index contributed by atoms with van der Waals surface area (Å²) in [7, 11) is 0. The standard InChI is InChI=1S/C25H24N2O3/c1-25(2)16-30-22-13-12-20(15-21(22)27-24(25)29)26-23(28)14-17-8-10-19(11-9-17)18-6-4-3-5-7-18/h3-13,15H,14,16H2,1-2H3,(H,26,28)(H,27,29). The number of amides is 2. The second-order valence-corrected chi connectivity index (χ2v) is 8.13. The third-order valence-electron chi connectivity index (χ3n) is 5.14. The van der Waals surface area contributed by atoms with E-state index in [4.69, 9.17) is 4.74 Å². The molecule has 4 rings (SSSR count). The lowest BCUT2D eigenvalue weighted by atomic mass is 9.94. The van der Waals surface area contributed by atoms with Crippen molar-refractivity contribution in [1.29, 1.82) is 0 Å². The molecule has 2 amide bonds. The Morgan fingerprint density at radius 1 is 1.00 bits per heavy atom. The van der Waals surface area contributed by atoms with Crippen LogP contribution >= 0.6 is 0 Å². The van der Waals surface area contributed by atoms with Gasteiger partial charge in [0, 0.05) is 5.69 Å². The maximum atomic E-state index is 12.5. The predicted octanol–water partition coefficient (Wildman–Crippen LogP) is 4.89. The number of fused-ring (bicyclic) bond motifs is 1. The molecule has 3 aromatic carbocycles. The third-order valence-corrected chi connectivity index (χ3v) is 5.14. The van der Waals surface area contributed by atoms with Gasteiger partial charge in [-0.3, -0.25) is 9.59 Å². The minimum atomic E-state index is -0.617. The maximum absolute atomic E-state index is 12.5. The number of rotatable bonds is 4. The lowest BCUT2D eigenvalue weighted by Gasteiger charge is -2.18. The van der Waals surface area contributed by atoms with Crippen molar-refractivity contribution in [3.63, 3.8) is 0 Å². The van der Waals surface area contributed by atoms with Crippen molar-refractivity contribution in [2.75, 3.05) is 17.2 Å². The van der Waals surface area contributed by atoms with E-state index in [0.717, 1.165) is 16.7 Å². The molecule has 0 unspecified atom stereocenters. The number of benzene rings is 3. The highest BCUT2D eigenvalue weighted by Gasteiger charge is 2.32. The summed E-state index contributed by atoms with van der Waals surface area (Å²) in [5, 5.41) is 5.78. The average molecular weight is 400 g/mol. The van der Waals surface area contributed by atoms with Crippen LogP contribution in [0.4, 0.5) is 11.4 Å². The average Bonchev–Trinajstić information content (AvgIpc) is 2.85. The van der Waals surface area contributed by atoms with Crippen LogP contribution in [0.3, 0.4) is 0 Å². The minimum Gasteiger partial charge on any atom is -0.490 e. The number of hydrogen-bond donors (Lipinski definition) is 2. The van der Waals surface area contributed by atoms with E-state index in [1.807, 2.05) is 56.3 Å². The van der Waals surface area contributed by atoms with Crippen LogP contribution in [0.1, 0.15) is 19.4 Å². The highest BCUT2D eigenvalue weighted by molar-refractivity contribution is 5.98. The monoisotopic (exact) mass is 400 g/mol. The maximum Gasteiger partial charge on any atom is 0.233 e. The van der Waals surface area contributed by atoms with Crippen LogP contribution in [0.5, 0.6) is 5.75 Å². The van der Waals surface area contributed by atoms with Crippen LogP contribution in [-0.2, 0) is 16.0 Å². The van der Waals surface area contributed by atoms with Crippen molar-refractivity contribution in [1.82, 2.24) is 0 Å². The van der Waals surface area contributed by atoms with Crippen molar-refractivity contribution >= 4 is 23.2 Å². The Bertz CT molecular complexity index is 1070. The van der Waals surface area contributed by atoms with E-state index >= 15 is 0 Å². The number of carbonyl (C=O) groups excluding carboxylic acids is 2. The number of hydrogen-bond acceptors (Lipinski definition) is 3. The van der Waals surface area contributed by atoms with Gasteiger partial charge < -0.3 is 15.4 Å². The Labute approximate surface area is 176 Å². The van der Waals surface area contributed by atoms with E-state index in [1.165, 1.54) is 0 Å². The molecule has 0 atom stereocenters. The van der Waals surface area contributed by atoms with Crippen LogP contribution in [0.2, 0.25) is 0 Å². The fourth-order valence-corrected chi connectivity index (χ4v) is 3.28. The van der Waals surface area contributed by atoms with Crippen LogP contribution in [-0.4, -0.2) is 18.4 Å². The molecule has 5 heteroatoms. The molecule has 0 aromatic heterocycles. The molecule has 0 bridgehead atoms. The Hall–Kier alpha value is -3.60. The Morgan fingerprint density at radius 2 is 1.70 bits per heavy atom. The number of nitrogens with one attached hydrogen (secondary N) is 2. The van der Waals surface area contributed by atoms with Crippen molar-refractivity contribution in [2.45, 2.75) is 20.3 Å². The van der Waals surface area contributed by atoms with Gasteiger partial charge in [-0.25, -0.2) is 0 Å². The van der Waals surface area contributed by atoms with Crippen LogP contribution in [0, 0.1) is 5.41 Å². The largest absolute Gasteiger partial charge is 0.490 e. The van der Waals surface area contributed by atoms with Gasteiger partial charge in [-0.2, -0.15) is 0 Å². The molecule has 30 heavy (non-hydrogen) atoms. The lowest BCUT2D eigenvalue weighted by molar-refractivity contribution is -0.125. The van der Waals surface area contributed by atoms with Crippen LogP contribution < -0.4 is 15.4 Å². The summed E-state index contributed by atoms with van der Waals surface area (Å²) >= 11 is 0. The predicted molar refractivity (Wildman–Crippen MR) is 119 cm³/mol. The summed E-state index contributed by atoms with van der Waals surface area (Å²) in [5.41, 5.74) is 3.75. The van der Waals surface area contributed by atoms with Crippen LogP contribution in [0.25, 0.3) is 11.1 Å². The molecule has 0 radical (unpaired) electrons. The Morgan fingerprint density at radius 3 is 2.43 bits per heavy atom. The smallest absolute Gasteiger partial charge is 0.233 e. The highest BCUT2D eigenvalue weighted by Crippen LogP contribution is 2.34. The van der Waals surface area contributed by atoms with E-state index in [-0.39, 0.29) is 18.2 Å². The van der Waals surface area contributed by atoms with E-state index in [9.17, 15) is 9.59 Å². The van der Waals surface area contributed by atoms with Gasteiger partial charge in [0.2, 0.25) is 11.8 Å². The number of anilines is 2. The first-order valence-corrected chi connectivity index (χ1v) is 9.93. The van der Waals surface area contributed by atoms with Crippen molar-refractivity contribution in [2.24, 2.45) is 5.41 Å². The van der Waals surface area contributed by atoms with Crippen LogP contribution in [0.15, 0.2) is 72.8 Å².